The van der Waals surface area contributed by atoms with Gasteiger partial charge >= 0.3 is 0 Å². The molecule has 66 heavy (non-hydrogen) atoms. The SMILES string of the molecule is C=CCO[C@@]12Oc3ccc(Oc4ccc5ccccc5c4)cc3[C@H]3[C@H](CCCCO)[C@@H](CCCCO)C=C(C(=NOC)C[C@@H]1N(Cc1cccc4ccccc14)C(=O)CCC1CCCC1)[C@H]32. The monoisotopic (exact) mass is 890 g/mol. The average Bonchev–Trinajstić information content (AvgIpc) is 3.87. The molecule has 5 aromatic carbocycles. The third kappa shape index (κ3) is 9.40. The van der Waals surface area contributed by atoms with Crippen molar-refractivity contribution in [3.63, 3.8) is 0 Å². The van der Waals surface area contributed by atoms with Gasteiger partial charge in [-0.05, 0) is 113 Å². The smallest absolute Gasteiger partial charge is 0.239 e. The zero-order valence-corrected chi connectivity index (χ0v) is 38.5. The van der Waals surface area contributed by atoms with Gasteiger partial charge in [-0.2, -0.15) is 0 Å². The maximum atomic E-state index is 15.4. The van der Waals surface area contributed by atoms with Gasteiger partial charge in [-0.15, -0.1) is 6.58 Å². The molecule has 346 valence electrons. The van der Waals surface area contributed by atoms with Crippen molar-refractivity contribution in [2.24, 2.45) is 28.8 Å². The Kier molecular flexibility index (Phi) is 14.5. The summed E-state index contributed by atoms with van der Waals surface area (Å²) in [5.74, 6) is 1.08. The van der Waals surface area contributed by atoms with Crippen LogP contribution in [0.4, 0.5) is 0 Å². The number of hydrogen-bond acceptors (Lipinski definition) is 8. The van der Waals surface area contributed by atoms with Crippen LogP contribution >= 0.6 is 0 Å². The minimum atomic E-state index is -1.34. The lowest BCUT2D eigenvalue weighted by atomic mass is 9.55. The predicted molar refractivity (Wildman–Crippen MR) is 262 cm³/mol. The van der Waals surface area contributed by atoms with Gasteiger partial charge in [0.05, 0.1) is 18.2 Å². The van der Waals surface area contributed by atoms with Gasteiger partial charge in [0.15, 0.2) is 0 Å². The topological polar surface area (TPSA) is 110 Å². The Hall–Kier alpha value is -5.48. The quantitative estimate of drug-likeness (QED) is 0.0455. The molecule has 2 N–H and O–H groups in total. The van der Waals surface area contributed by atoms with Crippen molar-refractivity contribution in [2.75, 3.05) is 26.9 Å². The van der Waals surface area contributed by atoms with Crippen molar-refractivity contribution < 1.29 is 34.1 Å². The van der Waals surface area contributed by atoms with Gasteiger partial charge in [-0.3, -0.25) is 4.79 Å². The molecule has 1 heterocycles. The molecule has 0 unspecified atom stereocenters. The van der Waals surface area contributed by atoms with Crippen LogP contribution in [0.15, 0.2) is 133 Å². The molecule has 0 saturated heterocycles. The largest absolute Gasteiger partial charge is 0.459 e. The summed E-state index contributed by atoms with van der Waals surface area (Å²) in [6.45, 7) is 4.95. The molecule has 9 heteroatoms. The van der Waals surface area contributed by atoms with E-state index < -0.39 is 17.7 Å². The number of unbranched alkanes of at least 4 members (excludes halogenated alkanes) is 2. The van der Waals surface area contributed by atoms with Crippen LogP contribution in [0.3, 0.4) is 0 Å². The summed E-state index contributed by atoms with van der Waals surface area (Å²) >= 11 is 0. The van der Waals surface area contributed by atoms with Gasteiger partial charge in [-0.1, -0.05) is 129 Å². The molecular weight excluding hydrogens is 825 g/mol. The van der Waals surface area contributed by atoms with Crippen LogP contribution in [-0.4, -0.2) is 65.5 Å². The molecule has 0 aromatic heterocycles. The fourth-order valence-corrected chi connectivity index (χ4v) is 11.9. The van der Waals surface area contributed by atoms with Crippen molar-refractivity contribution in [3.05, 3.63) is 139 Å². The maximum absolute atomic E-state index is 15.4. The van der Waals surface area contributed by atoms with Crippen molar-refractivity contribution in [3.8, 4) is 17.2 Å². The molecule has 2 fully saturated rings. The van der Waals surface area contributed by atoms with Crippen LogP contribution < -0.4 is 9.47 Å². The summed E-state index contributed by atoms with van der Waals surface area (Å²) in [5.41, 5.74) is 3.89. The van der Waals surface area contributed by atoms with Crippen LogP contribution in [-0.2, 0) is 20.9 Å². The van der Waals surface area contributed by atoms with E-state index in [0.29, 0.717) is 49.6 Å². The number of aliphatic hydroxyl groups excluding tert-OH is 2. The third-order valence-electron chi connectivity index (χ3n) is 15.0. The van der Waals surface area contributed by atoms with E-state index in [2.05, 4.69) is 90.4 Å². The second kappa shape index (κ2) is 21.0. The van der Waals surface area contributed by atoms with E-state index in [1.54, 1.807) is 13.2 Å². The van der Waals surface area contributed by atoms with E-state index >= 15 is 4.79 Å². The number of carbonyl (C=O) groups excluding carboxylic acids is 1. The second-order valence-corrected chi connectivity index (χ2v) is 18.9. The molecule has 9 rings (SSSR count). The number of aliphatic hydroxyl groups is 2. The van der Waals surface area contributed by atoms with Gasteiger partial charge in [-0.25, -0.2) is 0 Å². The average molecular weight is 891 g/mol. The van der Waals surface area contributed by atoms with E-state index in [-0.39, 0.29) is 43.5 Å². The Labute approximate surface area is 390 Å². The normalized spacial score (nSPS) is 24.1. The zero-order valence-electron chi connectivity index (χ0n) is 38.5. The van der Waals surface area contributed by atoms with E-state index in [1.165, 1.54) is 25.7 Å². The Balaban J connectivity index is 1.22. The Bertz CT molecular complexity index is 2540. The zero-order chi connectivity index (χ0) is 45.5. The molecule has 1 aliphatic heterocycles. The van der Waals surface area contributed by atoms with E-state index in [0.717, 1.165) is 81.8 Å². The number of benzene rings is 5. The molecular formula is C57H66N2O7. The lowest BCUT2D eigenvalue weighted by Gasteiger charge is -2.60. The Morgan fingerprint density at radius 3 is 2.36 bits per heavy atom. The van der Waals surface area contributed by atoms with Gasteiger partial charge in [0, 0.05) is 44.1 Å². The van der Waals surface area contributed by atoms with Crippen molar-refractivity contribution >= 4 is 33.2 Å². The number of rotatable bonds is 20. The second-order valence-electron chi connectivity index (χ2n) is 18.9. The molecule has 0 bridgehead atoms. The van der Waals surface area contributed by atoms with Crippen LogP contribution in [0.2, 0.25) is 0 Å². The lowest BCUT2D eigenvalue weighted by Crippen LogP contribution is -2.70. The molecule has 4 aliphatic rings. The number of ether oxygens (including phenoxy) is 3. The Morgan fingerprint density at radius 2 is 1.58 bits per heavy atom. The molecule has 0 spiro atoms. The molecule has 3 aliphatic carbocycles. The van der Waals surface area contributed by atoms with Gasteiger partial charge < -0.3 is 34.2 Å². The first-order valence-corrected chi connectivity index (χ1v) is 24.5. The van der Waals surface area contributed by atoms with Crippen LogP contribution in [0.5, 0.6) is 17.2 Å². The number of amides is 1. The Morgan fingerprint density at radius 1 is 0.848 bits per heavy atom. The van der Waals surface area contributed by atoms with E-state index in [4.69, 9.17) is 24.2 Å². The lowest BCUT2D eigenvalue weighted by molar-refractivity contribution is -0.258. The summed E-state index contributed by atoms with van der Waals surface area (Å²) in [5, 5.41) is 29.4. The van der Waals surface area contributed by atoms with Gasteiger partial charge in [0.2, 0.25) is 11.7 Å². The van der Waals surface area contributed by atoms with Crippen molar-refractivity contribution in [2.45, 2.75) is 108 Å². The number of nitrogens with zero attached hydrogens (tertiary/aromatic N) is 2. The molecule has 6 atom stereocenters. The molecule has 1 amide bonds. The predicted octanol–water partition coefficient (Wildman–Crippen LogP) is 12.0. The molecule has 5 aromatic rings. The van der Waals surface area contributed by atoms with Gasteiger partial charge in [0.25, 0.3) is 0 Å². The summed E-state index contributed by atoms with van der Waals surface area (Å²) in [6.07, 6.45) is 15.4. The number of fused-ring (bicyclic) bond motifs is 4. The van der Waals surface area contributed by atoms with Gasteiger partial charge in [0.1, 0.15) is 30.4 Å². The highest BCUT2D eigenvalue weighted by Crippen LogP contribution is 2.62. The highest BCUT2D eigenvalue weighted by molar-refractivity contribution is 6.03. The van der Waals surface area contributed by atoms with Crippen LogP contribution in [0.1, 0.15) is 101 Å². The summed E-state index contributed by atoms with van der Waals surface area (Å²) in [7, 11) is 1.60. The van der Waals surface area contributed by atoms with E-state index in [9.17, 15) is 10.2 Å². The molecule has 9 nitrogen and oxygen atoms in total. The number of hydrogen-bond donors (Lipinski definition) is 2. The minimum Gasteiger partial charge on any atom is -0.459 e. The van der Waals surface area contributed by atoms with Crippen LogP contribution in [0, 0.1) is 23.7 Å². The first-order chi connectivity index (χ1) is 32.4. The van der Waals surface area contributed by atoms with Crippen molar-refractivity contribution in [1.29, 1.82) is 0 Å². The molecule has 2 saturated carbocycles. The maximum Gasteiger partial charge on any atom is 0.239 e. The highest BCUT2D eigenvalue weighted by Gasteiger charge is 2.65. The third-order valence-corrected chi connectivity index (χ3v) is 15.0. The summed E-state index contributed by atoms with van der Waals surface area (Å²) in [6, 6.07) is 34.7. The van der Waals surface area contributed by atoms with Crippen molar-refractivity contribution in [1.82, 2.24) is 4.90 Å². The first kappa shape index (κ1) is 45.7. The van der Waals surface area contributed by atoms with E-state index in [1.807, 2.05) is 30.3 Å². The summed E-state index contributed by atoms with van der Waals surface area (Å²) in [4.78, 5) is 23.2. The standard InChI is InChI=1S/C57H66N2O7/c1-3-33-64-57-53(59(54(62)30-25-39-15-4-5-16-39)38-44-22-14-21-41-18-8-9-23-47(41)44)37-51(58-63-2)49-35-43(20-10-12-31-60)48(24-11-13-32-61)55(56(49)57)50-36-46(28-29-52(50)66-57)65-45-27-26-40-17-6-7-19-42(40)34-45/h3,6-9,14,17-19,21-23,26-29,34-36,39,43,48,53,55-56,60-61H,1,4-5,10-13,15-16,20,24-25,30-33,37-38H2,2H3/t43-,48+,53-,55+,56+,57+/m0/s1. The number of carbonyl (C=O) groups is 1. The molecule has 0 radical (unpaired) electrons. The minimum absolute atomic E-state index is 0.0767. The fraction of sp³-hybridized carbons (Fsp3) is 0.439. The van der Waals surface area contributed by atoms with Crippen LogP contribution in [0.25, 0.3) is 21.5 Å². The summed E-state index contributed by atoms with van der Waals surface area (Å²) < 4.78 is 21.6. The first-order valence-electron chi connectivity index (χ1n) is 24.5. The number of oxime groups is 1. The fourth-order valence-electron chi connectivity index (χ4n) is 11.9. The highest BCUT2D eigenvalue weighted by atomic mass is 16.7. The number of allylic oxidation sites excluding steroid dienone is 1.